The van der Waals surface area contributed by atoms with Crippen molar-refractivity contribution >= 4 is 31.7 Å². The van der Waals surface area contributed by atoms with Gasteiger partial charge in [0.1, 0.15) is 0 Å². The molecule has 2 aliphatic carbocycles. The fourth-order valence-electron chi connectivity index (χ4n) is 3.89. The summed E-state index contributed by atoms with van der Waals surface area (Å²) in [6.07, 6.45) is 12.0. The predicted octanol–water partition coefficient (Wildman–Crippen LogP) is 5.90. The minimum absolute atomic E-state index is 0. The summed E-state index contributed by atoms with van der Waals surface area (Å²) in [5.41, 5.74) is 3.30. The minimum atomic E-state index is -2.94. The van der Waals surface area contributed by atoms with Crippen molar-refractivity contribution in [2.24, 2.45) is 11.8 Å². The topological polar surface area (TPSA) is 0 Å². The molecule has 0 saturated carbocycles. The van der Waals surface area contributed by atoms with E-state index in [0.717, 1.165) is 0 Å². The van der Waals surface area contributed by atoms with Crippen LogP contribution in [0.5, 0.6) is 0 Å². The monoisotopic (exact) mass is 436 g/mol. The summed E-state index contributed by atoms with van der Waals surface area (Å²) in [4.78, 5) is 0. The van der Waals surface area contributed by atoms with Gasteiger partial charge in [-0.25, -0.2) is 0 Å². The molecule has 0 aliphatic heterocycles. The number of hydrogen-bond acceptors (Lipinski definition) is 0. The van der Waals surface area contributed by atoms with Crippen molar-refractivity contribution in [3.05, 3.63) is 42.0 Å². The molecule has 0 nitrogen and oxygen atoms in total. The van der Waals surface area contributed by atoms with Gasteiger partial charge in [-0.3, -0.25) is 0 Å². The van der Waals surface area contributed by atoms with Crippen molar-refractivity contribution in [2.45, 2.75) is 49.8 Å². The van der Waals surface area contributed by atoms with Gasteiger partial charge in [-0.15, -0.1) is 24.8 Å². The molecule has 22 heavy (non-hydrogen) atoms. The first kappa shape index (κ1) is 22.6. The standard InChI is InChI=1S/2C8H11.2CH3.2ClH.H2Si.Zr/c2*1-7(2)8-5-3-4-6-8;;;;;;/h2*3,5,7H,4H2,1-2H3;2*1H3;2*1H;1H2;. The maximum atomic E-state index is 2.66. The van der Waals surface area contributed by atoms with Crippen LogP contribution in [0.1, 0.15) is 40.5 Å². The van der Waals surface area contributed by atoms with Gasteiger partial charge in [0, 0.05) is 0 Å². The SMILES string of the molecule is CC(C)C1=[C]([Zr]([CH3])([CH3])(=[SiH2])[C]2=C(C(C)C)C=CC2)CC=C1.Cl.Cl. The van der Waals surface area contributed by atoms with E-state index >= 15 is 0 Å². The fourth-order valence-corrected chi connectivity index (χ4v) is 19.1. The van der Waals surface area contributed by atoms with E-state index in [1.165, 1.54) is 12.8 Å². The molecule has 0 unspecified atom stereocenters. The van der Waals surface area contributed by atoms with Crippen LogP contribution in [0, 0.1) is 11.8 Å². The molecule has 0 atom stereocenters. The Morgan fingerprint density at radius 1 is 0.818 bits per heavy atom. The molecule has 0 heterocycles. The van der Waals surface area contributed by atoms with Crippen LogP contribution in [0.15, 0.2) is 42.0 Å². The van der Waals surface area contributed by atoms with Crippen LogP contribution in [0.4, 0.5) is 0 Å². The average molecular weight is 439 g/mol. The van der Waals surface area contributed by atoms with Crippen molar-refractivity contribution in [3.63, 3.8) is 0 Å². The Morgan fingerprint density at radius 3 is 1.41 bits per heavy atom. The maximum Gasteiger partial charge on any atom is -0.147 e. The maximum absolute atomic E-state index is 2.94. The van der Waals surface area contributed by atoms with E-state index in [-0.39, 0.29) is 24.8 Å². The summed E-state index contributed by atoms with van der Waals surface area (Å²) in [6, 6.07) is 0. The van der Waals surface area contributed by atoms with Crippen molar-refractivity contribution in [1.29, 1.82) is 0 Å². The van der Waals surface area contributed by atoms with E-state index in [0.29, 0.717) is 11.8 Å². The Bertz CT molecular complexity index is 565. The molecule has 126 valence electrons. The van der Waals surface area contributed by atoms with E-state index in [1.807, 2.05) is 6.56 Å². The normalized spacial score (nSPS) is 18.4. The van der Waals surface area contributed by atoms with Crippen LogP contribution in [-0.2, 0) is 17.4 Å². The molecule has 0 aromatic carbocycles. The van der Waals surface area contributed by atoms with Gasteiger partial charge in [0.15, 0.2) is 0 Å². The molecule has 0 radical (unpaired) electrons. The molecule has 0 aromatic rings. The first-order chi connectivity index (χ1) is 9.13. The van der Waals surface area contributed by atoms with Gasteiger partial charge in [-0.05, 0) is 0 Å². The molecule has 2 aliphatic rings. The van der Waals surface area contributed by atoms with Crippen LogP contribution in [0.2, 0.25) is 9.26 Å². The first-order valence-electron chi connectivity index (χ1n) is 8.01. The Hall–Kier alpha value is 0.640. The largest absolute Gasteiger partial charge is 0.147 e. The summed E-state index contributed by atoms with van der Waals surface area (Å²) in [7, 11) is 0. The van der Waals surface area contributed by atoms with Gasteiger partial charge < -0.3 is 0 Å². The molecule has 0 aromatic heterocycles. The van der Waals surface area contributed by atoms with Gasteiger partial charge in [0.05, 0.1) is 0 Å². The molecule has 0 spiro atoms. The van der Waals surface area contributed by atoms with Gasteiger partial charge in [0.2, 0.25) is 0 Å². The van der Waals surface area contributed by atoms with E-state index in [4.69, 9.17) is 0 Å². The zero-order valence-electron chi connectivity index (χ0n) is 14.9. The van der Waals surface area contributed by atoms with Crippen LogP contribution in [-0.4, -0.2) is 6.88 Å². The molecule has 2 rings (SSSR count). The van der Waals surface area contributed by atoms with Gasteiger partial charge in [-0.2, -0.15) is 0 Å². The van der Waals surface area contributed by atoms with E-state index < -0.39 is 17.4 Å². The number of hydrogen-bond donors (Lipinski definition) is 0. The third-order valence-electron chi connectivity index (χ3n) is 5.12. The molecule has 0 saturated heterocycles. The van der Waals surface area contributed by atoms with Crippen LogP contribution in [0.3, 0.4) is 0 Å². The smallest absolute Gasteiger partial charge is 0.147 e. The molecule has 0 fully saturated rings. The summed E-state index contributed by atoms with van der Waals surface area (Å²) < 4.78 is 9.01. The Morgan fingerprint density at radius 2 is 1.14 bits per heavy atom. The van der Waals surface area contributed by atoms with E-state index in [2.05, 4.69) is 68.1 Å². The summed E-state index contributed by atoms with van der Waals surface area (Å²) in [5, 5.41) is 0. The average Bonchev–Trinajstić information content (AvgIpc) is 2.98. The van der Waals surface area contributed by atoms with Crippen molar-refractivity contribution < 1.29 is 17.4 Å². The summed E-state index contributed by atoms with van der Waals surface area (Å²) >= 11 is -2.94. The third kappa shape index (κ3) is 4.00. The number of rotatable bonds is 4. The molecular formula is C18H32Cl2SiZr. The molecule has 0 bridgehead atoms. The van der Waals surface area contributed by atoms with Crippen LogP contribution < -0.4 is 0 Å². The Kier molecular flexibility index (Phi) is 7.91. The second-order valence-electron chi connectivity index (χ2n) is 8.08. The van der Waals surface area contributed by atoms with Crippen molar-refractivity contribution in [3.8, 4) is 0 Å². The summed E-state index contributed by atoms with van der Waals surface area (Å²) in [5.74, 6) is 1.33. The van der Waals surface area contributed by atoms with Gasteiger partial charge in [-0.1, -0.05) is 0 Å². The zero-order valence-corrected chi connectivity index (χ0v) is 20.4. The van der Waals surface area contributed by atoms with Crippen molar-refractivity contribution in [1.82, 2.24) is 0 Å². The van der Waals surface area contributed by atoms with E-state index in [9.17, 15) is 0 Å². The Labute approximate surface area is 151 Å². The first-order valence-corrected chi connectivity index (χ1v) is 21.3. The second kappa shape index (κ2) is 7.68. The van der Waals surface area contributed by atoms with Crippen molar-refractivity contribution in [2.75, 3.05) is 0 Å². The molecule has 4 heteroatoms. The van der Waals surface area contributed by atoms with Gasteiger partial charge >= 0.3 is 128 Å². The van der Waals surface area contributed by atoms with Crippen LogP contribution in [0.25, 0.3) is 0 Å². The van der Waals surface area contributed by atoms with Gasteiger partial charge in [0.25, 0.3) is 0 Å². The number of allylic oxidation sites excluding steroid dienone is 8. The quantitative estimate of drug-likeness (QED) is 0.479. The number of halogens is 2. The second-order valence-corrected chi connectivity index (χ2v) is 36.8. The predicted molar refractivity (Wildman–Crippen MR) is 106 cm³/mol. The Balaban J connectivity index is 0.00000220. The molecular weight excluding hydrogens is 406 g/mol. The molecule has 0 amide bonds. The fraction of sp³-hybridized carbons (Fsp3) is 0.556. The van der Waals surface area contributed by atoms with E-state index in [1.54, 1.807) is 11.1 Å². The summed E-state index contributed by atoms with van der Waals surface area (Å²) in [6.45, 7) is 11.8. The zero-order chi connectivity index (χ0) is 15.2. The minimum Gasteiger partial charge on any atom is -0.147 e. The molecule has 0 N–H and O–H groups in total. The van der Waals surface area contributed by atoms with Crippen LogP contribution >= 0.6 is 24.8 Å². The third-order valence-corrected chi connectivity index (χ3v) is 22.1.